The van der Waals surface area contributed by atoms with Crippen molar-refractivity contribution in [2.24, 2.45) is 5.73 Å². The number of aliphatic hydroxyl groups excluding tert-OH is 1. The number of hydrogen-bond donors (Lipinski definition) is 2. The lowest BCUT2D eigenvalue weighted by atomic mass is 9.98. The number of aliphatic hydroxyl groups is 1. The number of halogens is 1. The van der Waals surface area contributed by atoms with Gasteiger partial charge in [0.25, 0.3) is 0 Å². The molecule has 1 aromatic heterocycles. The Labute approximate surface area is 142 Å². The fraction of sp³-hybridized carbons (Fsp3) is 0.188. The van der Waals surface area contributed by atoms with Gasteiger partial charge >= 0.3 is 0 Å². The lowest BCUT2D eigenvalue weighted by Crippen LogP contribution is -2.22. The molecule has 0 spiro atoms. The van der Waals surface area contributed by atoms with Crippen LogP contribution in [0.4, 0.5) is 0 Å². The summed E-state index contributed by atoms with van der Waals surface area (Å²) in [6, 6.07) is 8.64. The van der Waals surface area contributed by atoms with E-state index in [1.165, 1.54) is 0 Å². The third-order valence-corrected chi connectivity index (χ3v) is 5.30. The highest BCUT2D eigenvalue weighted by Crippen LogP contribution is 2.37. The van der Waals surface area contributed by atoms with Crippen molar-refractivity contribution in [3.8, 4) is 0 Å². The Hall–Kier alpha value is -1.54. The molecule has 1 aliphatic carbocycles. The SMILES string of the molecule is CS(=O)(=O)C(O)C1=Cc2ccccc2C(N)c2ncc(Br)cc21. The van der Waals surface area contributed by atoms with Crippen molar-refractivity contribution >= 4 is 37.4 Å². The molecule has 2 atom stereocenters. The molecule has 0 saturated heterocycles. The topological polar surface area (TPSA) is 93.3 Å². The molecular weight excluding hydrogens is 380 g/mol. The molecule has 3 N–H and O–H groups in total. The first-order chi connectivity index (χ1) is 10.8. The van der Waals surface area contributed by atoms with Crippen molar-refractivity contribution in [2.75, 3.05) is 6.26 Å². The van der Waals surface area contributed by atoms with Crippen molar-refractivity contribution in [1.29, 1.82) is 0 Å². The smallest absolute Gasteiger partial charge is 0.181 e. The largest absolute Gasteiger partial charge is 0.373 e. The van der Waals surface area contributed by atoms with Crippen LogP contribution in [-0.2, 0) is 9.84 Å². The molecule has 1 aliphatic rings. The molecule has 0 radical (unpaired) electrons. The first kappa shape index (κ1) is 16.3. The number of benzene rings is 1. The van der Waals surface area contributed by atoms with Gasteiger partial charge in [-0.3, -0.25) is 4.98 Å². The van der Waals surface area contributed by atoms with Crippen LogP contribution in [0.2, 0.25) is 0 Å². The lowest BCUT2D eigenvalue weighted by molar-refractivity contribution is 0.303. The van der Waals surface area contributed by atoms with Gasteiger partial charge in [-0.05, 0) is 39.2 Å². The van der Waals surface area contributed by atoms with E-state index in [-0.39, 0.29) is 5.57 Å². The maximum atomic E-state index is 11.9. The van der Waals surface area contributed by atoms with E-state index >= 15 is 0 Å². The molecule has 3 rings (SSSR count). The average Bonchev–Trinajstić information content (AvgIpc) is 2.61. The summed E-state index contributed by atoms with van der Waals surface area (Å²) in [4.78, 5) is 4.35. The Morgan fingerprint density at radius 2 is 2.04 bits per heavy atom. The number of rotatable bonds is 2. The minimum absolute atomic E-state index is 0.275. The fourth-order valence-corrected chi connectivity index (χ4v) is 3.67. The van der Waals surface area contributed by atoms with Crippen LogP contribution in [0.3, 0.4) is 0 Å². The molecular formula is C16H15BrN2O3S. The molecule has 7 heteroatoms. The summed E-state index contributed by atoms with van der Waals surface area (Å²) in [5, 5.41) is 10.3. The van der Waals surface area contributed by atoms with Crippen molar-refractivity contribution in [2.45, 2.75) is 11.5 Å². The maximum absolute atomic E-state index is 11.9. The van der Waals surface area contributed by atoms with E-state index in [0.29, 0.717) is 15.7 Å². The van der Waals surface area contributed by atoms with Gasteiger partial charge in [0.05, 0.1) is 11.7 Å². The van der Waals surface area contributed by atoms with E-state index in [1.54, 1.807) is 18.3 Å². The molecule has 0 fully saturated rings. The molecule has 120 valence electrons. The number of hydrogen-bond acceptors (Lipinski definition) is 5. The zero-order valence-electron chi connectivity index (χ0n) is 12.3. The summed E-state index contributed by atoms with van der Waals surface area (Å²) in [5.41, 5.74) is 7.64. The van der Waals surface area contributed by atoms with Crippen molar-refractivity contribution in [3.63, 3.8) is 0 Å². The van der Waals surface area contributed by atoms with Crippen molar-refractivity contribution in [1.82, 2.24) is 4.98 Å². The van der Waals surface area contributed by atoms with Gasteiger partial charge in [-0.15, -0.1) is 0 Å². The molecule has 2 unspecified atom stereocenters. The van der Waals surface area contributed by atoms with Crippen LogP contribution in [0.5, 0.6) is 0 Å². The Bertz CT molecular complexity index is 909. The highest BCUT2D eigenvalue weighted by molar-refractivity contribution is 9.10. The second-order valence-corrected chi connectivity index (χ2v) is 8.50. The third kappa shape index (κ3) is 2.97. The number of sulfone groups is 1. The average molecular weight is 395 g/mol. The van der Waals surface area contributed by atoms with Crippen LogP contribution in [0, 0.1) is 0 Å². The number of fused-ring (bicyclic) bond motifs is 2. The quantitative estimate of drug-likeness (QED) is 0.813. The first-order valence-corrected chi connectivity index (χ1v) is 9.62. The molecule has 1 aromatic carbocycles. The highest BCUT2D eigenvalue weighted by atomic mass is 79.9. The zero-order chi connectivity index (χ0) is 16.8. The van der Waals surface area contributed by atoms with Crippen LogP contribution in [0.1, 0.15) is 28.4 Å². The minimum Gasteiger partial charge on any atom is -0.373 e. The molecule has 5 nitrogen and oxygen atoms in total. The summed E-state index contributed by atoms with van der Waals surface area (Å²) in [5.74, 6) is 0. The Morgan fingerprint density at radius 1 is 1.35 bits per heavy atom. The van der Waals surface area contributed by atoms with Gasteiger partial charge in [0, 0.05) is 28.1 Å². The van der Waals surface area contributed by atoms with Gasteiger partial charge in [0.15, 0.2) is 15.3 Å². The number of pyridine rings is 1. The number of aromatic nitrogens is 1. The van der Waals surface area contributed by atoms with E-state index in [9.17, 15) is 13.5 Å². The lowest BCUT2D eigenvalue weighted by Gasteiger charge is -2.17. The molecule has 0 amide bonds. The molecule has 2 aromatic rings. The van der Waals surface area contributed by atoms with Gasteiger partial charge < -0.3 is 10.8 Å². The molecule has 0 aliphatic heterocycles. The van der Waals surface area contributed by atoms with Gasteiger partial charge in [-0.2, -0.15) is 0 Å². The maximum Gasteiger partial charge on any atom is 0.181 e. The molecule has 23 heavy (non-hydrogen) atoms. The normalized spacial score (nSPS) is 18.4. The van der Waals surface area contributed by atoms with Gasteiger partial charge in [-0.25, -0.2) is 8.42 Å². The van der Waals surface area contributed by atoms with E-state index in [4.69, 9.17) is 5.73 Å². The van der Waals surface area contributed by atoms with E-state index in [1.807, 2.05) is 24.3 Å². The van der Waals surface area contributed by atoms with Crippen molar-refractivity contribution in [3.05, 3.63) is 63.4 Å². The summed E-state index contributed by atoms with van der Waals surface area (Å²) in [6.07, 6.45) is 4.28. The second-order valence-electron chi connectivity index (χ2n) is 5.47. The predicted molar refractivity (Wildman–Crippen MR) is 93.1 cm³/mol. The van der Waals surface area contributed by atoms with Crippen LogP contribution in [0.15, 0.2) is 41.0 Å². The summed E-state index contributed by atoms with van der Waals surface area (Å²) >= 11 is 3.34. The van der Waals surface area contributed by atoms with Crippen LogP contribution in [0.25, 0.3) is 11.6 Å². The van der Waals surface area contributed by atoms with E-state index < -0.39 is 21.3 Å². The summed E-state index contributed by atoms with van der Waals surface area (Å²) < 4.78 is 24.4. The van der Waals surface area contributed by atoms with Crippen LogP contribution < -0.4 is 5.73 Å². The predicted octanol–water partition coefficient (Wildman–Crippen LogP) is 2.11. The Kier molecular flexibility index (Phi) is 4.14. The number of nitrogens with two attached hydrogens (primary N) is 1. The van der Waals surface area contributed by atoms with Crippen LogP contribution in [-0.4, -0.2) is 30.2 Å². The standard InChI is InChI=1S/C16H15BrN2O3S/c1-23(21,22)16(20)13-6-9-4-2-3-5-11(9)14(18)15-12(13)7-10(17)8-19-15/h2-8,14,16,20H,18H2,1H3. The molecule has 0 bridgehead atoms. The highest BCUT2D eigenvalue weighted by Gasteiger charge is 2.30. The first-order valence-electron chi connectivity index (χ1n) is 6.88. The van der Waals surface area contributed by atoms with E-state index in [0.717, 1.165) is 17.4 Å². The van der Waals surface area contributed by atoms with Gasteiger partial charge in [0.2, 0.25) is 0 Å². The summed E-state index contributed by atoms with van der Waals surface area (Å²) in [6.45, 7) is 0. The Morgan fingerprint density at radius 3 is 2.74 bits per heavy atom. The fourth-order valence-electron chi connectivity index (χ4n) is 2.68. The van der Waals surface area contributed by atoms with Gasteiger partial charge in [-0.1, -0.05) is 24.3 Å². The Balaban J connectivity index is 2.35. The minimum atomic E-state index is -3.69. The zero-order valence-corrected chi connectivity index (χ0v) is 14.7. The summed E-state index contributed by atoms with van der Waals surface area (Å²) in [7, 11) is -3.69. The monoisotopic (exact) mass is 394 g/mol. The number of nitrogens with zero attached hydrogens (tertiary/aromatic N) is 1. The second kappa shape index (κ2) is 5.83. The molecule has 0 saturated carbocycles. The van der Waals surface area contributed by atoms with E-state index in [2.05, 4.69) is 20.9 Å². The van der Waals surface area contributed by atoms with Gasteiger partial charge in [0.1, 0.15) is 0 Å². The van der Waals surface area contributed by atoms with Crippen LogP contribution >= 0.6 is 15.9 Å². The molecule has 1 heterocycles. The third-order valence-electron chi connectivity index (χ3n) is 3.80. The van der Waals surface area contributed by atoms with Crippen molar-refractivity contribution < 1.29 is 13.5 Å².